The molecule has 0 aromatic heterocycles. The zero-order valence-corrected chi connectivity index (χ0v) is 15.9. The number of rotatable bonds is 6. The molecule has 2 aliphatic rings. The molecule has 0 bridgehead atoms. The lowest BCUT2D eigenvalue weighted by Gasteiger charge is -2.15. The van der Waals surface area contributed by atoms with E-state index in [0.29, 0.717) is 28.9 Å². The number of amides is 2. The molecule has 0 unspecified atom stereocenters. The van der Waals surface area contributed by atoms with Gasteiger partial charge in [0.2, 0.25) is 5.91 Å². The van der Waals surface area contributed by atoms with Crippen LogP contribution in [0.25, 0.3) is 0 Å². The second-order valence-corrected chi connectivity index (χ2v) is 7.12. The average Bonchev–Trinajstić information content (AvgIpc) is 3.35. The third-order valence-electron chi connectivity index (χ3n) is 5.11. The van der Waals surface area contributed by atoms with Crippen molar-refractivity contribution in [1.82, 2.24) is 5.32 Å². The number of hydrogen-bond donors (Lipinski definition) is 2. The van der Waals surface area contributed by atoms with Crippen molar-refractivity contribution < 1.29 is 23.9 Å². The highest BCUT2D eigenvalue weighted by Crippen LogP contribution is 2.33. The van der Waals surface area contributed by atoms with Crippen molar-refractivity contribution in [2.24, 2.45) is 0 Å². The Kier molecular flexibility index (Phi) is 5.57. The SMILES string of the molecule is O=C(C[C@H]1OC(=O)c2ccccc21)Nc1ccccc1C(=O)NC[C@H]1CCCO1. The number of nitrogens with one attached hydrogen (secondary N) is 2. The maximum Gasteiger partial charge on any atom is 0.339 e. The van der Waals surface area contributed by atoms with Gasteiger partial charge in [0.25, 0.3) is 5.91 Å². The largest absolute Gasteiger partial charge is 0.453 e. The molecule has 1 saturated heterocycles. The van der Waals surface area contributed by atoms with Crippen molar-refractivity contribution >= 4 is 23.5 Å². The number of cyclic esters (lactones) is 1. The maximum absolute atomic E-state index is 12.6. The Labute approximate surface area is 168 Å². The minimum Gasteiger partial charge on any atom is -0.453 e. The standard InChI is InChI=1S/C22H22N2O5/c25-20(12-19-15-7-1-2-8-16(15)22(27)29-19)24-18-10-4-3-9-17(18)21(26)23-13-14-6-5-11-28-14/h1-4,7-10,14,19H,5-6,11-13H2,(H,23,26)(H,24,25)/t14-,19-/m1/s1. The number of carbonyl (C=O) groups is 3. The van der Waals surface area contributed by atoms with E-state index in [2.05, 4.69) is 10.6 Å². The van der Waals surface area contributed by atoms with Gasteiger partial charge in [-0.2, -0.15) is 0 Å². The van der Waals surface area contributed by atoms with E-state index in [1.807, 2.05) is 0 Å². The van der Waals surface area contributed by atoms with Gasteiger partial charge in [0.1, 0.15) is 6.10 Å². The summed E-state index contributed by atoms with van der Waals surface area (Å²) in [6.07, 6.45) is 1.33. The molecule has 0 spiro atoms. The van der Waals surface area contributed by atoms with E-state index in [1.165, 1.54) is 0 Å². The Bertz CT molecular complexity index is 936. The van der Waals surface area contributed by atoms with Gasteiger partial charge in [0.15, 0.2) is 0 Å². The van der Waals surface area contributed by atoms with Crippen LogP contribution in [-0.4, -0.2) is 37.0 Å². The summed E-state index contributed by atoms with van der Waals surface area (Å²) in [6, 6.07) is 13.9. The minimum absolute atomic E-state index is 0.0192. The molecule has 2 aromatic carbocycles. The van der Waals surface area contributed by atoms with E-state index in [4.69, 9.17) is 9.47 Å². The molecule has 2 amide bonds. The van der Waals surface area contributed by atoms with E-state index < -0.39 is 12.1 Å². The summed E-state index contributed by atoms with van der Waals surface area (Å²) in [5.74, 6) is -1.03. The zero-order valence-electron chi connectivity index (χ0n) is 15.9. The summed E-state index contributed by atoms with van der Waals surface area (Å²) in [5, 5.41) is 5.63. The van der Waals surface area contributed by atoms with Crippen molar-refractivity contribution in [1.29, 1.82) is 0 Å². The molecule has 29 heavy (non-hydrogen) atoms. The molecule has 0 radical (unpaired) electrons. The monoisotopic (exact) mass is 394 g/mol. The molecule has 2 heterocycles. The number of para-hydroxylation sites is 1. The van der Waals surface area contributed by atoms with E-state index >= 15 is 0 Å². The minimum atomic E-state index is -0.626. The molecule has 2 aromatic rings. The van der Waals surface area contributed by atoms with Crippen LogP contribution in [-0.2, 0) is 14.3 Å². The van der Waals surface area contributed by atoms with E-state index in [0.717, 1.165) is 19.4 Å². The van der Waals surface area contributed by atoms with Crippen LogP contribution < -0.4 is 10.6 Å². The van der Waals surface area contributed by atoms with Gasteiger partial charge in [-0.1, -0.05) is 30.3 Å². The molecule has 4 rings (SSSR count). The van der Waals surface area contributed by atoms with Crippen LogP contribution in [0.1, 0.15) is 51.6 Å². The topological polar surface area (TPSA) is 93.7 Å². The van der Waals surface area contributed by atoms with Crippen molar-refractivity contribution in [3.05, 3.63) is 65.2 Å². The quantitative estimate of drug-likeness (QED) is 0.735. The zero-order chi connectivity index (χ0) is 20.2. The number of benzene rings is 2. The highest BCUT2D eigenvalue weighted by Gasteiger charge is 2.32. The van der Waals surface area contributed by atoms with Crippen LogP contribution in [0.4, 0.5) is 5.69 Å². The van der Waals surface area contributed by atoms with Crippen LogP contribution in [0.2, 0.25) is 0 Å². The molecule has 0 saturated carbocycles. The molecule has 1 fully saturated rings. The first-order valence-electron chi connectivity index (χ1n) is 9.70. The summed E-state index contributed by atoms with van der Waals surface area (Å²) < 4.78 is 10.8. The number of fused-ring (bicyclic) bond motifs is 1. The average molecular weight is 394 g/mol. The molecule has 0 aliphatic carbocycles. The summed E-state index contributed by atoms with van der Waals surface area (Å²) in [7, 11) is 0. The van der Waals surface area contributed by atoms with Crippen molar-refractivity contribution in [2.45, 2.75) is 31.5 Å². The Balaban J connectivity index is 1.40. The normalized spacial score (nSPS) is 20.1. The maximum atomic E-state index is 12.6. The highest BCUT2D eigenvalue weighted by atomic mass is 16.5. The van der Waals surface area contributed by atoms with Gasteiger partial charge in [0, 0.05) is 18.7 Å². The fourth-order valence-corrected chi connectivity index (χ4v) is 3.64. The lowest BCUT2D eigenvalue weighted by Crippen LogP contribution is -2.32. The van der Waals surface area contributed by atoms with Gasteiger partial charge in [-0.25, -0.2) is 4.79 Å². The molecule has 7 nitrogen and oxygen atoms in total. The number of esters is 1. The molecule has 2 N–H and O–H groups in total. The summed E-state index contributed by atoms with van der Waals surface area (Å²) in [4.78, 5) is 37.1. The van der Waals surface area contributed by atoms with Gasteiger partial charge >= 0.3 is 5.97 Å². The fraction of sp³-hybridized carbons (Fsp3) is 0.318. The van der Waals surface area contributed by atoms with Crippen LogP contribution in [0.15, 0.2) is 48.5 Å². The second-order valence-electron chi connectivity index (χ2n) is 7.12. The number of ether oxygens (including phenoxy) is 2. The first-order valence-corrected chi connectivity index (χ1v) is 9.70. The predicted molar refractivity (Wildman–Crippen MR) is 106 cm³/mol. The highest BCUT2D eigenvalue weighted by molar-refractivity contribution is 6.04. The van der Waals surface area contributed by atoms with Crippen molar-refractivity contribution in [3.8, 4) is 0 Å². The van der Waals surface area contributed by atoms with Gasteiger partial charge < -0.3 is 20.1 Å². The number of hydrogen-bond acceptors (Lipinski definition) is 5. The molecule has 2 atom stereocenters. The molecule has 150 valence electrons. The third kappa shape index (κ3) is 4.30. The summed E-state index contributed by atoms with van der Waals surface area (Å²) >= 11 is 0. The van der Waals surface area contributed by atoms with Gasteiger partial charge in [0.05, 0.1) is 29.3 Å². The Morgan fingerprint density at radius 3 is 2.69 bits per heavy atom. The first kappa shape index (κ1) is 19.1. The van der Waals surface area contributed by atoms with Crippen LogP contribution in [0.3, 0.4) is 0 Å². The lowest BCUT2D eigenvalue weighted by atomic mass is 10.0. The van der Waals surface area contributed by atoms with Crippen LogP contribution >= 0.6 is 0 Å². The fourth-order valence-electron chi connectivity index (χ4n) is 3.64. The third-order valence-corrected chi connectivity index (χ3v) is 5.11. The molecular weight excluding hydrogens is 372 g/mol. The van der Waals surface area contributed by atoms with E-state index in [-0.39, 0.29) is 24.3 Å². The first-order chi connectivity index (χ1) is 14.1. The van der Waals surface area contributed by atoms with Gasteiger partial charge in [-0.05, 0) is 31.0 Å². The van der Waals surface area contributed by atoms with Gasteiger partial charge in [-0.3, -0.25) is 9.59 Å². The Morgan fingerprint density at radius 1 is 1.07 bits per heavy atom. The number of anilines is 1. The summed E-state index contributed by atoms with van der Waals surface area (Å²) in [5.41, 5.74) is 1.98. The van der Waals surface area contributed by atoms with Crippen molar-refractivity contribution in [2.75, 3.05) is 18.5 Å². The van der Waals surface area contributed by atoms with Gasteiger partial charge in [-0.15, -0.1) is 0 Å². The second kappa shape index (κ2) is 8.45. The smallest absolute Gasteiger partial charge is 0.339 e. The summed E-state index contributed by atoms with van der Waals surface area (Å²) in [6.45, 7) is 1.16. The van der Waals surface area contributed by atoms with Crippen LogP contribution in [0, 0.1) is 0 Å². The van der Waals surface area contributed by atoms with E-state index in [9.17, 15) is 14.4 Å². The Morgan fingerprint density at radius 2 is 1.86 bits per heavy atom. The van der Waals surface area contributed by atoms with Crippen molar-refractivity contribution in [3.63, 3.8) is 0 Å². The lowest BCUT2D eigenvalue weighted by molar-refractivity contribution is -0.118. The van der Waals surface area contributed by atoms with E-state index in [1.54, 1.807) is 48.5 Å². The number of carbonyl (C=O) groups excluding carboxylic acids is 3. The molecular formula is C22H22N2O5. The Hall–Kier alpha value is -3.19. The predicted octanol–water partition coefficient (Wildman–Crippen LogP) is 2.84. The molecule has 2 aliphatic heterocycles. The molecule has 7 heteroatoms. The van der Waals surface area contributed by atoms with Crippen LogP contribution in [0.5, 0.6) is 0 Å².